The van der Waals surface area contributed by atoms with E-state index in [0.29, 0.717) is 5.92 Å². The molecular weight excluding hydrogens is 250 g/mol. The number of hydrogen-bond donors (Lipinski definition) is 2. The highest BCUT2D eigenvalue weighted by atomic mass is 16.5. The second-order valence-electron chi connectivity index (χ2n) is 6.15. The standard InChI is InChI=1S/C17H27NO2/c1-12(2)20-15-10-8-13(9-11-15)16(18)17(19)14-6-4-3-5-7-14/h8-12,14,16-17,19H,3-7,18H2,1-2H3/t16-,17+/m0/s1. The fourth-order valence-corrected chi connectivity index (χ4v) is 3.01. The number of aliphatic hydroxyl groups excluding tert-OH is 1. The number of nitrogens with two attached hydrogens (primary N) is 1. The van der Waals surface area contributed by atoms with Crippen LogP contribution in [-0.4, -0.2) is 17.3 Å². The van der Waals surface area contributed by atoms with Crippen LogP contribution in [0.1, 0.15) is 57.6 Å². The Morgan fingerprint density at radius 2 is 1.70 bits per heavy atom. The third-order valence-electron chi connectivity index (χ3n) is 4.14. The lowest BCUT2D eigenvalue weighted by molar-refractivity contribution is 0.0618. The van der Waals surface area contributed by atoms with Crippen molar-refractivity contribution in [3.63, 3.8) is 0 Å². The molecule has 0 amide bonds. The summed E-state index contributed by atoms with van der Waals surface area (Å²) >= 11 is 0. The Morgan fingerprint density at radius 1 is 1.10 bits per heavy atom. The van der Waals surface area contributed by atoms with Gasteiger partial charge < -0.3 is 15.6 Å². The van der Waals surface area contributed by atoms with Gasteiger partial charge in [0.2, 0.25) is 0 Å². The van der Waals surface area contributed by atoms with Gasteiger partial charge in [0.15, 0.2) is 0 Å². The smallest absolute Gasteiger partial charge is 0.119 e. The minimum absolute atomic E-state index is 0.169. The summed E-state index contributed by atoms with van der Waals surface area (Å²) < 4.78 is 5.62. The number of aliphatic hydroxyl groups is 1. The lowest BCUT2D eigenvalue weighted by Gasteiger charge is -2.30. The Hall–Kier alpha value is -1.06. The fraction of sp³-hybridized carbons (Fsp3) is 0.647. The number of rotatable bonds is 5. The Kier molecular flexibility index (Phi) is 5.44. The molecule has 112 valence electrons. The van der Waals surface area contributed by atoms with E-state index in [0.717, 1.165) is 24.2 Å². The van der Waals surface area contributed by atoms with E-state index in [4.69, 9.17) is 10.5 Å². The van der Waals surface area contributed by atoms with Gasteiger partial charge in [-0.25, -0.2) is 0 Å². The zero-order valence-electron chi connectivity index (χ0n) is 12.6. The summed E-state index contributed by atoms with van der Waals surface area (Å²) in [7, 11) is 0. The van der Waals surface area contributed by atoms with E-state index in [1.165, 1.54) is 19.3 Å². The third-order valence-corrected chi connectivity index (χ3v) is 4.14. The molecule has 3 nitrogen and oxygen atoms in total. The molecule has 1 saturated carbocycles. The highest BCUT2D eigenvalue weighted by Crippen LogP contribution is 2.31. The molecule has 1 aromatic rings. The largest absolute Gasteiger partial charge is 0.491 e. The third kappa shape index (κ3) is 3.97. The number of ether oxygens (including phenoxy) is 1. The van der Waals surface area contributed by atoms with Gasteiger partial charge >= 0.3 is 0 Å². The molecule has 0 spiro atoms. The maximum atomic E-state index is 10.5. The van der Waals surface area contributed by atoms with Gasteiger partial charge in [0, 0.05) is 0 Å². The molecule has 0 unspecified atom stereocenters. The van der Waals surface area contributed by atoms with Crippen molar-refractivity contribution in [2.24, 2.45) is 11.7 Å². The van der Waals surface area contributed by atoms with Crippen LogP contribution in [0.2, 0.25) is 0 Å². The van der Waals surface area contributed by atoms with E-state index in [-0.39, 0.29) is 12.1 Å². The van der Waals surface area contributed by atoms with Gasteiger partial charge in [-0.15, -0.1) is 0 Å². The summed E-state index contributed by atoms with van der Waals surface area (Å²) in [6.45, 7) is 4.01. The van der Waals surface area contributed by atoms with E-state index in [2.05, 4.69) is 0 Å². The van der Waals surface area contributed by atoms with Gasteiger partial charge in [-0.1, -0.05) is 31.4 Å². The average Bonchev–Trinajstić information content (AvgIpc) is 2.47. The van der Waals surface area contributed by atoms with Crippen molar-refractivity contribution in [1.29, 1.82) is 0 Å². The van der Waals surface area contributed by atoms with Crippen molar-refractivity contribution < 1.29 is 9.84 Å². The summed E-state index contributed by atoms with van der Waals surface area (Å²) in [4.78, 5) is 0. The normalized spacial score (nSPS) is 19.9. The van der Waals surface area contributed by atoms with Gasteiger partial charge in [-0.05, 0) is 50.3 Å². The van der Waals surface area contributed by atoms with Crippen LogP contribution in [0.25, 0.3) is 0 Å². The van der Waals surface area contributed by atoms with E-state index in [9.17, 15) is 5.11 Å². The molecule has 0 saturated heterocycles. The van der Waals surface area contributed by atoms with Crippen molar-refractivity contribution in [3.05, 3.63) is 29.8 Å². The minimum atomic E-state index is -0.438. The van der Waals surface area contributed by atoms with Crippen LogP contribution in [0, 0.1) is 5.92 Å². The average molecular weight is 277 g/mol. The first-order valence-corrected chi connectivity index (χ1v) is 7.78. The molecule has 0 heterocycles. The van der Waals surface area contributed by atoms with Crippen LogP contribution in [0.15, 0.2) is 24.3 Å². The Bertz CT molecular complexity index is 396. The summed E-state index contributed by atoms with van der Waals surface area (Å²) in [6, 6.07) is 7.50. The summed E-state index contributed by atoms with van der Waals surface area (Å²) in [5, 5.41) is 10.5. The molecule has 0 aliphatic heterocycles. The summed E-state index contributed by atoms with van der Waals surface area (Å²) in [5.74, 6) is 1.20. The predicted octanol–water partition coefficient (Wildman–Crippen LogP) is 3.41. The molecule has 1 aliphatic carbocycles. The first kappa shape index (κ1) is 15.3. The first-order valence-electron chi connectivity index (χ1n) is 7.78. The zero-order valence-corrected chi connectivity index (χ0v) is 12.6. The van der Waals surface area contributed by atoms with Crippen molar-refractivity contribution >= 4 is 0 Å². The second-order valence-corrected chi connectivity index (χ2v) is 6.15. The van der Waals surface area contributed by atoms with Crippen molar-refractivity contribution in [1.82, 2.24) is 0 Å². The van der Waals surface area contributed by atoms with E-state index < -0.39 is 6.10 Å². The number of hydrogen-bond acceptors (Lipinski definition) is 3. The van der Waals surface area contributed by atoms with Gasteiger partial charge in [-0.2, -0.15) is 0 Å². The molecule has 0 bridgehead atoms. The van der Waals surface area contributed by atoms with Crippen molar-refractivity contribution in [3.8, 4) is 5.75 Å². The van der Waals surface area contributed by atoms with Crippen LogP contribution >= 0.6 is 0 Å². The monoisotopic (exact) mass is 277 g/mol. The Morgan fingerprint density at radius 3 is 2.25 bits per heavy atom. The lowest BCUT2D eigenvalue weighted by Crippen LogP contribution is -2.34. The van der Waals surface area contributed by atoms with Gasteiger partial charge in [0.1, 0.15) is 5.75 Å². The molecule has 3 N–H and O–H groups in total. The molecule has 2 atom stereocenters. The van der Waals surface area contributed by atoms with E-state index in [1.54, 1.807) is 0 Å². The SMILES string of the molecule is CC(C)Oc1ccc([C@H](N)[C@H](O)C2CCCCC2)cc1. The van der Waals surface area contributed by atoms with Gasteiger partial charge in [-0.3, -0.25) is 0 Å². The topological polar surface area (TPSA) is 55.5 Å². The molecule has 20 heavy (non-hydrogen) atoms. The van der Waals surface area contributed by atoms with E-state index in [1.807, 2.05) is 38.1 Å². The second kappa shape index (κ2) is 7.09. The van der Waals surface area contributed by atoms with Crippen molar-refractivity contribution in [2.75, 3.05) is 0 Å². The predicted molar refractivity (Wildman–Crippen MR) is 81.7 cm³/mol. The molecule has 3 heteroatoms. The quantitative estimate of drug-likeness (QED) is 0.867. The van der Waals surface area contributed by atoms with Crippen LogP contribution in [0.4, 0.5) is 0 Å². The van der Waals surface area contributed by atoms with E-state index >= 15 is 0 Å². The summed E-state index contributed by atoms with van der Waals surface area (Å²) in [5.41, 5.74) is 7.22. The lowest BCUT2D eigenvalue weighted by atomic mass is 9.81. The molecule has 1 aliphatic rings. The zero-order chi connectivity index (χ0) is 14.5. The van der Waals surface area contributed by atoms with Gasteiger partial charge in [0.05, 0.1) is 18.2 Å². The maximum Gasteiger partial charge on any atom is 0.119 e. The van der Waals surface area contributed by atoms with Gasteiger partial charge in [0.25, 0.3) is 0 Å². The molecule has 2 rings (SSSR count). The molecular formula is C17H27NO2. The Balaban J connectivity index is 1.98. The molecule has 1 fully saturated rings. The molecule has 1 aromatic carbocycles. The van der Waals surface area contributed by atoms with Crippen LogP contribution in [0.5, 0.6) is 5.75 Å². The fourth-order valence-electron chi connectivity index (χ4n) is 3.01. The van der Waals surface area contributed by atoms with Crippen molar-refractivity contribution in [2.45, 2.75) is 64.2 Å². The summed E-state index contributed by atoms with van der Waals surface area (Å²) in [6.07, 6.45) is 5.66. The van der Waals surface area contributed by atoms with Crippen LogP contribution in [-0.2, 0) is 0 Å². The highest BCUT2D eigenvalue weighted by molar-refractivity contribution is 5.29. The molecule has 0 aromatic heterocycles. The number of benzene rings is 1. The maximum absolute atomic E-state index is 10.5. The first-order chi connectivity index (χ1) is 9.58. The van der Waals surface area contributed by atoms with Crippen LogP contribution < -0.4 is 10.5 Å². The van der Waals surface area contributed by atoms with Crippen LogP contribution in [0.3, 0.4) is 0 Å². The minimum Gasteiger partial charge on any atom is -0.491 e. The Labute approximate surface area is 122 Å². The molecule has 0 radical (unpaired) electrons. The highest BCUT2D eigenvalue weighted by Gasteiger charge is 2.27.